The van der Waals surface area contributed by atoms with Crippen LogP contribution in [0.1, 0.15) is 18.4 Å². The molecule has 0 spiro atoms. The average molecular weight is 352 g/mol. The van der Waals surface area contributed by atoms with Gasteiger partial charge >= 0.3 is 6.36 Å². The molecule has 25 heavy (non-hydrogen) atoms. The summed E-state index contributed by atoms with van der Waals surface area (Å²) in [6.45, 7) is 3.66. The number of hydrogen-bond acceptors (Lipinski definition) is 4. The summed E-state index contributed by atoms with van der Waals surface area (Å²) in [6, 6.07) is 9.55. The third-order valence-electron chi connectivity index (χ3n) is 4.02. The van der Waals surface area contributed by atoms with Crippen LogP contribution in [0.3, 0.4) is 0 Å². The van der Waals surface area contributed by atoms with Crippen molar-refractivity contribution in [2.45, 2.75) is 32.2 Å². The third-order valence-corrected chi connectivity index (χ3v) is 4.02. The second-order valence-corrected chi connectivity index (χ2v) is 6.02. The zero-order valence-electron chi connectivity index (χ0n) is 13.8. The maximum atomic E-state index is 12.2. The van der Waals surface area contributed by atoms with E-state index < -0.39 is 6.36 Å². The second-order valence-electron chi connectivity index (χ2n) is 6.02. The SMILES string of the molecule is Cc1ccc(N2CCC(Oc3ccc(OC(F)(F)F)cc3)CC2)nc1. The highest BCUT2D eigenvalue weighted by atomic mass is 19.4. The van der Waals surface area contributed by atoms with E-state index in [0.717, 1.165) is 37.3 Å². The molecule has 7 heteroatoms. The Bertz CT molecular complexity index is 679. The third kappa shape index (κ3) is 5.01. The summed E-state index contributed by atoms with van der Waals surface area (Å²) in [5.74, 6) is 1.25. The Morgan fingerprint density at radius 2 is 1.64 bits per heavy atom. The maximum Gasteiger partial charge on any atom is 0.573 e. The number of ether oxygens (including phenoxy) is 2. The van der Waals surface area contributed by atoms with Gasteiger partial charge in [-0.3, -0.25) is 0 Å². The highest BCUT2D eigenvalue weighted by Gasteiger charge is 2.31. The number of anilines is 1. The van der Waals surface area contributed by atoms with E-state index in [-0.39, 0.29) is 11.9 Å². The van der Waals surface area contributed by atoms with Gasteiger partial charge in [0.15, 0.2) is 0 Å². The number of pyridine rings is 1. The van der Waals surface area contributed by atoms with Gasteiger partial charge in [-0.1, -0.05) is 6.07 Å². The average Bonchev–Trinajstić information content (AvgIpc) is 2.57. The van der Waals surface area contributed by atoms with Crippen molar-refractivity contribution in [2.75, 3.05) is 18.0 Å². The summed E-state index contributed by atoms with van der Waals surface area (Å²) >= 11 is 0. The lowest BCUT2D eigenvalue weighted by Crippen LogP contribution is -2.38. The van der Waals surface area contributed by atoms with Gasteiger partial charge in [0.05, 0.1) is 0 Å². The maximum absolute atomic E-state index is 12.2. The number of hydrogen-bond donors (Lipinski definition) is 0. The van der Waals surface area contributed by atoms with Crippen molar-refractivity contribution in [3.63, 3.8) is 0 Å². The zero-order valence-corrected chi connectivity index (χ0v) is 13.8. The van der Waals surface area contributed by atoms with Crippen molar-refractivity contribution in [3.8, 4) is 11.5 Å². The molecule has 0 N–H and O–H groups in total. The molecule has 2 aromatic rings. The minimum absolute atomic E-state index is 0.0380. The van der Waals surface area contributed by atoms with E-state index in [1.54, 1.807) is 0 Å². The summed E-state index contributed by atoms with van der Waals surface area (Å²) in [7, 11) is 0. The van der Waals surface area contributed by atoms with Gasteiger partial charge in [0, 0.05) is 32.1 Å². The Labute approximate surface area is 144 Å². The van der Waals surface area contributed by atoms with Crippen molar-refractivity contribution in [2.24, 2.45) is 0 Å². The Morgan fingerprint density at radius 3 is 2.20 bits per heavy atom. The fraction of sp³-hybridized carbons (Fsp3) is 0.389. The number of rotatable bonds is 4. The van der Waals surface area contributed by atoms with Gasteiger partial charge < -0.3 is 14.4 Å². The summed E-state index contributed by atoms with van der Waals surface area (Å²) in [4.78, 5) is 6.64. The van der Waals surface area contributed by atoms with Crippen LogP contribution in [0.15, 0.2) is 42.6 Å². The number of alkyl halides is 3. The first-order valence-corrected chi connectivity index (χ1v) is 8.09. The highest BCUT2D eigenvalue weighted by molar-refractivity contribution is 5.39. The van der Waals surface area contributed by atoms with Crippen LogP contribution in [-0.4, -0.2) is 30.5 Å². The van der Waals surface area contributed by atoms with Crippen LogP contribution in [0.4, 0.5) is 19.0 Å². The standard InChI is InChI=1S/C18H19F3N2O2/c1-13-2-7-17(22-12-13)23-10-8-15(9-11-23)24-14-3-5-16(6-4-14)25-18(19,20)21/h2-7,12,15H,8-11H2,1H3. The first-order valence-electron chi connectivity index (χ1n) is 8.09. The van der Waals surface area contributed by atoms with E-state index in [9.17, 15) is 13.2 Å². The van der Waals surface area contributed by atoms with E-state index in [0.29, 0.717) is 5.75 Å². The van der Waals surface area contributed by atoms with Gasteiger partial charge in [-0.15, -0.1) is 13.2 Å². The van der Waals surface area contributed by atoms with E-state index in [1.807, 2.05) is 25.3 Å². The van der Waals surface area contributed by atoms with E-state index in [1.165, 1.54) is 24.3 Å². The number of halogens is 3. The van der Waals surface area contributed by atoms with Crippen LogP contribution in [0, 0.1) is 6.92 Å². The van der Waals surface area contributed by atoms with Crippen molar-refractivity contribution in [1.82, 2.24) is 4.98 Å². The molecule has 0 radical (unpaired) electrons. The van der Waals surface area contributed by atoms with Gasteiger partial charge in [-0.25, -0.2) is 4.98 Å². The molecular weight excluding hydrogens is 333 g/mol. The molecule has 1 aromatic heterocycles. The smallest absolute Gasteiger partial charge is 0.490 e. The molecule has 1 fully saturated rings. The molecule has 1 saturated heterocycles. The van der Waals surface area contributed by atoms with Crippen LogP contribution in [0.5, 0.6) is 11.5 Å². The topological polar surface area (TPSA) is 34.6 Å². The number of benzene rings is 1. The summed E-state index contributed by atoms with van der Waals surface area (Å²) < 4.78 is 46.2. The number of aryl methyl sites for hydroxylation is 1. The second kappa shape index (κ2) is 7.21. The fourth-order valence-corrected chi connectivity index (χ4v) is 2.76. The normalized spacial score (nSPS) is 15.9. The van der Waals surface area contributed by atoms with Crippen LogP contribution in [-0.2, 0) is 0 Å². The lowest BCUT2D eigenvalue weighted by atomic mass is 10.1. The minimum Gasteiger partial charge on any atom is -0.490 e. The van der Waals surface area contributed by atoms with Crippen LogP contribution < -0.4 is 14.4 Å². The lowest BCUT2D eigenvalue weighted by molar-refractivity contribution is -0.274. The monoisotopic (exact) mass is 352 g/mol. The minimum atomic E-state index is -4.68. The van der Waals surface area contributed by atoms with Crippen molar-refractivity contribution in [1.29, 1.82) is 0 Å². The molecule has 1 aliphatic heterocycles. The lowest BCUT2D eigenvalue weighted by Gasteiger charge is -2.33. The van der Waals surface area contributed by atoms with E-state index >= 15 is 0 Å². The molecule has 0 saturated carbocycles. The van der Waals surface area contributed by atoms with Crippen molar-refractivity contribution < 1.29 is 22.6 Å². The Balaban J connectivity index is 1.51. The Kier molecular flexibility index (Phi) is 5.01. The number of piperidine rings is 1. The largest absolute Gasteiger partial charge is 0.573 e. The summed E-state index contributed by atoms with van der Waals surface area (Å²) in [5.41, 5.74) is 1.12. The summed E-state index contributed by atoms with van der Waals surface area (Å²) in [6.07, 6.45) is -1.13. The zero-order chi connectivity index (χ0) is 17.9. The van der Waals surface area contributed by atoms with Crippen LogP contribution in [0.25, 0.3) is 0 Å². The van der Waals surface area contributed by atoms with Gasteiger partial charge in [-0.2, -0.15) is 0 Å². The van der Waals surface area contributed by atoms with Gasteiger partial charge in [0.25, 0.3) is 0 Å². The number of nitrogens with zero attached hydrogens (tertiary/aromatic N) is 2. The molecule has 4 nitrogen and oxygen atoms in total. The van der Waals surface area contributed by atoms with Crippen LogP contribution in [0.2, 0.25) is 0 Å². The van der Waals surface area contributed by atoms with Gasteiger partial charge in [0.2, 0.25) is 0 Å². The predicted octanol–water partition coefficient (Wildman–Crippen LogP) is 4.34. The molecule has 3 rings (SSSR count). The molecule has 1 aromatic carbocycles. The molecule has 134 valence electrons. The number of aromatic nitrogens is 1. The van der Waals surface area contributed by atoms with E-state index in [2.05, 4.69) is 14.6 Å². The highest BCUT2D eigenvalue weighted by Crippen LogP contribution is 2.27. The molecule has 0 unspecified atom stereocenters. The Morgan fingerprint density at radius 1 is 1.00 bits per heavy atom. The molecular formula is C18H19F3N2O2. The Hall–Kier alpha value is -2.44. The molecule has 0 atom stereocenters. The van der Waals surface area contributed by atoms with Crippen LogP contribution >= 0.6 is 0 Å². The summed E-state index contributed by atoms with van der Waals surface area (Å²) in [5, 5.41) is 0. The molecule has 0 aliphatic carbocycles. The fourth-order valence-electron chi connectivity index (χ4n) is 2.76. The van der Waals surface area contributed by atoms with Crippen molar-refractivity contribution >= 4 is 5.82 Å². The quantitative estimate of drug-likeness (QED) is 0.820. The first-order chi connectivity index (χ1) is 11.9. The van der Waals surface area contributed by atoms with Crippen molar-refractivity contribution in [3.05, 3.63) is 48.2 Å². The van der Waals surface area contributed by atoms with Gasteiger partial charge in [-0.05, 0) is 42.8 Å². The first kappa shape index (κ1) is 17.4. The van der Waals surface area contributed by atoms with E-state index in [4.69, 9.17) is 4.74 Å². The van der Waals surface area contributed by atoms with Gasteiger partial charge in [0.1, 0.15) is 23.4 Å². The molecule has 0 amide bonds. The molecule has 0 bridgehead atoms. The molecule has 1 aliphatic rings. The molecule has 2 heterocycles. The predicted molar refractivity (Wildman–Crippen MR) is 88.0 cm³/mol.